The van der Waals surface area contributed by atoms with Gasteiger partial charge >= 0.3 is 0 Å². The second-order valence-corrected chi connectivity index (χ2v) is 10.5. The third-order valence-electron chi connectivity index (χ3n) is 7.02. The van der Waals surface area contributed by atoms with Crippen molar-refractivity contribution >= 4 is 34.6 Å². The third kappa shape index (κ3) is 3.31. The summed E-state index contributed by atoms with van der Waals surface area (Å²) in [5.41, 5.74) is 11.2. The lowest BCUT2D eigenvalue weighted by Crippen LogP contribution is -2.47. The van der Waals surface area contributed by atoms with Gasteiger partial charge in [-0.1, -0.05) is 77.3 Å². The minimum atomic E-state index is -0.640. The Morgan fingerprint density at radius 3 is 1.50 bits per heavy atom. The summed E-state index contributed by atoms with van der Waals surface area (Å²) in [5, 5.41) is 0.468. The molecule has 0 fully saturated rings. The van der Waals surface area contributed by atoms with E-state index >= 15 is 0 Å². The van der Waals surface area contributed by atoms with E-state index in [-0.39, 0.29) is 5.38 Å². The average Bonchev–Trinajstić information content (AvgIpc) is 3.20. The van der Waals surface area contributed by atoms with Crippen LogP contribution in [0.3, 0.4) is 0 Å². The summed E-state index contributed by atoms with van der Waals surface area (Å²) < 4.78 is 0. The van der Waals surface area contributed by atoms with Crippen molar-refractivity contribution in [2.45, 2.75) is 52.6 Å². The van der Waals surface area contributed by atoms with E-state index in [1.807, 2.05) is 18.2 Å². The zero-order valence-electron chi connectivity index (χ0n) is 20.6. The van der Waals surface area contributed by atoms with Crippen LogP contribution >= 0.6 is 23.2 Å². The summed E-state index contributed by atoms with van der Waals surface area (Å²) in [6, 6.07) is 19.2. The Morgan fingerprint density at radius 1 is 0.676 bits per heavy atom. The molecule has 1 aliphatic carbocycles. The maximum Gasteiger partial charge on any atom is 0.184 e. The molecule has 5 rings (SSSR count). The van der Waals surface area contributed by atoms with Crippen molar-refractivity contribution in [2.75, 3.05) is 9.80 Å². The molecule has 0 saturated carbocycles. The van der Waals surface area contributed by atoms with Gasteiger partial charge in [0.25, 0.3) is 0 Å². The van der Waals surface area contributed by atoms with Gasteiger partial charge in [-0.25, -0.2) is 0 Å². The van der Waals surface area contributed by atoms with Gasteiger partial charge in [0.05, 0.1) is 10.4 Å². The number of alkyl halides is 1. The van der Waals surface area contributed by atoms with Crippen LogP contribution in [0.2, 0.25) is 0 Å². The first-order valence-electron chi connectivity index (χ1n) is 11.7. The second kappa shape index (κ2) is 8.22. The molecular weight excluding hydrogens is 459 g/mol. The van der Waals surface area contributed by atoms with Crippen LogP contribution in [-0.4, -0.2) is 5.66 Å². The van der Waals surface area contributed by atoms with Gasteiger partial charge in [0.15, 0.2) is 5.66 Å². The van der Waals surface area contributed by atoms with Crippen molar-refractivity contribution < 1.29 is 0 Å². The Hall–Kier alpha value is -2.68. The first-order valence-corrected chi connectivity index (χ1v) is 12.5. The molecule has 0 amide bonds. The Morgan fingerprint density at radius 2 is 1.09 bits per heavy atom. The van der Waals surface area contributed by atoms with Crippen LogP contribution in [0, 0.1) is 41.5 Å². The van der Waals surface area contributed by atoms with Crippen molar-refractivity contribution in [1.82, 2.24) is 0 Å². The van der Waals surface area contributed by atoms with Gasteiger partial charge in [0.2, 0.25) is 0 Å². The molecule has 1 heterocycles. The van der Waals surface area contributed by atoms with E-state index in [4.69, 9.17) is 23.2 Å². The summed E-state index contributed by atoms with van der Waals surface area (Å²) in [5.74, 6) is 0. The fourth-order valence-electron chi connectivity index (χ4n) is 5.84. The Labute approximate surface area is 213 Å². The molecule has 2 aliphatic rings. The largest absolute Gasteiger partial charge is 0.314 e. The number of anilines is 2. The topological polar surface area (TPSA) is 6.48 Å². The molecule has 1 unspecified atom stereocenters. The van der Waals surface area contributed by atoms with Gasteiger partial charge in [-0.05, 0) is 69.4 Å². The highest BCUT2D eigenvalue weighted by molar-refractivity contribution is 6.38. The Kier molecular flexibility index (Phi) is 5.58. The van der Waals surface area contributed by atoms with Crippen molar-refractivity contribution in [2.24, 2.45) is 0 Å². The maximum absolute atomic E-state index is 7.19. The average molecular weight is 489 g/mol. The first kappa shape index (κ1) is 23.1. The number of benzene rings is 3. The fourth-order valence-corrected chi connectivity index (χ4v) is 6.78. The van der Waals surface area contributed by atoms with E-state index in [1.54, 1.807) is 0 Å². The van der Waals surface area contributed by atoms with Crippen LogP contribution in [0.5, 0.6) is 0 Å². The zero-order chi connectivity index (χ0) is 24.4. The Bertz CT molecular complexity index is 1240. The standard InChI is InChI=1S/C30H30Cl2N2/c1-18-14-20(3)27(21(4)15-18)33-12-13-34(28-22(5)16-19(2)17-23(28)6)30(33)25(29(30)32)26(31)24-10-8-7-9-11-24/h7-17,26H,1-6H3. The van der Waals surface area contributed by atoms with Crippen LogP contribution in [0.15, 0.2) is 77.6 Å². The van der Waals surface area contributed by atoms with Gasteiger partial charge in [0.1, 0.15) is 0 Å². The van der Waals surface area contributed by atoms with E-state index in [1.165, 1.54) is 44.8 Å². The lowest BCUT2D eigenvalue weighted by molar-refractivity contribution is 0.696. The number of aryl methyl sites for hydroxylation is 6. The predicted octanol–water partition coefficient (Wildman–Crippen LogP) is 8.52. The fraction of sp³-hybridized carbons (Fsp3) is 0.267. The summed E-state index contributed by atoms with van der Waals surface area (Å²) >= 11 is 14.4. The van der Waals surface area contributed by atoms with Crippen LogP contribution in [0.1, 0.15) is 44.3 Å². The molecule has 0 radical (unpaired) electrons. The molecule has 174 valence electrons. The number of hydrogen-bond donors (Lipinski definition) is 0. The van der Waals surface area contributed by atoms with E-state index in [2.05, 4.69) is 100 Å². The number of rotatable bonds is 4. The molecule has 3 aromatic carbocycles. The highest BCUT2D eigenvalue weighted by Gasteiger charge is 2.65. The maximum atomic E-state index is 7.19. The van der Waals surface area contributed by atoms with Gasteiger partial charge in [-0.2, -0.15) is 0 Å². The molecule has 34 heavy (non-hydrogen) atoms. The highest BCUT2D eigenvalue weighted by Crippen LogP contribution is 2.64. The quantitative estimate of drug-likeness (QED) is 0.339. The SMILES string of the molecule is Cc1cc(C)c(N2C=CN(c3c(C)cc(C)cc3C)C23C(Cl)=C3C(Cl)c2ccccc2)c(C)c1. The summed E-state index contributed by atoms with van der Waals surface area (Å²) in [6.07, 6.45) is 4.32. The summed E-state index contributed by atoms with van der Waals surface area (Å²) in [4.78, 5) is 4.65. The van der Waals surface area contributed by atoms with E-state index in [0.717, 1.165) is 16.2 Å². The van der Waals surface area contributed by atoms with Gasteiger partial charge in [-0.3, -0.25) is 0 Å². The zero-order valence-corrected chi connectivity index (χ0v) is 22.1. The third-order valence-corrected chi connectivity index (χ3v) is 7.95. The van der Waals surface area contributed by atoms with Crippen molar-refractivity contribution in [3.63, 3.8) is 0 Å². The molecule has 0 bridgehead atoms. The minimum Gasteiger partial charge on any atom is -0.314 e. The summed E-state index contributed by atoms with van der Waals surface area (Å²) in [7, 11) is 0. The van der Waals surface area contributed by atoms with Crippen LogP contribution in [0.4, 0.5) is 11.4 Å². The van der Waals surface area contributed by atoms with E-state index in [9.17, 15) is 0 Å². The van der Waals surface area contributed by atoms with Gasteiger partial charge in [0, 0.05) is 29.3 Å². The number of halogens is 2. The molecule has 1 atom stereocenters. The monoisotopic (exact) mass is 488 g/mol. The molecule has 0 saturated heterocycles. The van der Waals surface area contributed by atoms with E-state index < -0.39 is 5.66 Å². The second-order valence-electron chi connectivity index (χ2n) is 9.71. The van der Waals surface area contributed by atoms with Crippen molar-refractivity contribution in [3.05, 3.63) is 117 Å². The number of nitrogens with zero attached hydrogens (tertiary/aromatic N) is 2. The molecule has 4 heteroatoms. The molecule has 0 aromatic heterocycles. The van der Waals surface area contributed by atoms with Crippen molar-refractivity contribution in [1.29, 1.82) is 0 Å². The minimum absolute atomic E-state index is 0.323. The summed E-state index contributed by atoms with van der Waals surface area (Å²) in [6.45, 7) is 13.0. The highest BCUT2D eigenvalue weighted by atomic mass is 35.5. The molecule has 3 aromatic rings. The van der Waals surface area contributed by atoms with Gasteiger partial charge < -0.3 is 9.80 Å². The lowest BCUT2D eigenvalue weighted by Gasteiger charge is -2.39. The predicted molar refractivity (Wildman–Crippen MR) is 146 cm³/mol. The van der Waals surface area contributed by atoms with Crippen LogP contribution in [0.25, 0.3) is 0 Å². The number of hydrogen-bond acceptors (Lipinski definition) is 2. The Balaban J connectivity index is 1.70. The van der Waals surface area contributed by atoms with Crippen LogP contribution in [-0.2, 0) is 0 Å². The van der Waals surface area contributed by atoms with Gasteiger partial charge in [-0.15, -0.1) is 11.6 Å². The smallest absolute Gasteiger partial charge is 0.184 e. The molecule has 0 N–H and O–H groups in total. The normalized spacial score (nSPS) is 17.2. The molecule has 2 nitrogen and oxygen atoms in total. The van der Waals surface area contributed by atoms with E-state index in [0.29, 0.717) is 0 Å². The van der Waals surface area contributed by atoms with Crippen LogP contribution < -0.4 is 9.80 Å². The van der Waals surface area contributed by atoms with Crippen molar-refractivity contribution in [3.8, 4) is 0 Å². The molecular formula is C30H30Cl2N2. The lowest BCUT2D eigenvalue weighted by atomic mass is 10.00. The molecule has 1 aliphatic heterocycles. The first-order chi connectivity index (χ1) is 16.2. The molecule has 1 spiro atoms.